The number of anilines is 1. The van der Waals surface area contributed by atoms with Crippen LogP contribution in [-0.2, 0) is 6.42 Å². The van der Waals surface area contributed by atoms with E-state index in [1.165, 1.54) is 0 Å². The Bertz CT molecular complexity index is 984. The van der Waals surface area contributed by atoms with Crippen molar-refractivity contribution >= 4 is 5.82 Å². The zero-order valence-corrected chi connectivity index (χ0v) is 16.1. The predicted octanol–water partition coefficient (Wildman–Crippen LogP) is 2.91. The molecule has 3 rings (SSSR count). The van der Waals surface area contributed by atoms with Gasteiger partial charge in [-0.1, -0.05) is 6.07 Å². The fraction of sp³-hybridized carbons (Fsp3) is 0.238. The van der Waals surface area contributed by atoms with Crippen LogP contribution in [0.2, 0.25) is 0 Å². The molecule has 2 aromatic carbocycles. The lowest BCUT2D eigenvalue weighted by Crippen LogP contribution is -2.24. The molecule has 0 atom stereocenters. The fourth-order valence-corrected chi connectivity index (χ4v) is 2.84. The third kappa shape index (κ3) is 4.25. The molecule has 7 nitrogen and oxygen atoms in total. The van der Waals surface area contributed by atoms with Crippen LogP contribution in [0, 0.1) is 0 Å². The van der Waals surface area contributed by atoms with E-state index in [1.807, 2.05) is 42.5 Å². The molecule has 0 amide bonds. The van der Waals surface area contributed by atoms with Crippen LogP contribution in [-0.4, -0.2) is 37.4 Å². The van der Waals surface area contributed by atoms with Crippen molar-refractivity contribution in [2.75, 3.05) is 33.2 Å². The molecule has 1 aromatic heterocycles. The lowest BCUT2D eigenvalue weighted by atomic mass is 10.1. The van der Waals surface area contributed by atoms with Gasteiger partial charge in [-0.3, -0.25) is 9.36 Å². The monoisotopic (exact) mass is 381 g/mol. The number of ether oxygens (including phenoxy) is 3. The van der Waals surface area contributed by atoms with E-state index >= 15 is 0 Å². The van der Waals surface area contributed by atoms with Crippen molar-refractivity contribution in [3.8, 4) is 22.9 Å². The van der Waals surface area contributed by atoms with E-state index in [-0.39, 0.29) is 5.56 Å². The molecular weight excluding hydrogens is 358 g/mol. The van der Waals surface area contributed by atoms with Gasteiger partial charge in [-0.25, -0.2) is 4.98 Å². The lowest BCUT2D eigenvalue weighted by molar-refractivity contribution is 0.354. The Kier molecular flexibility index (Phi) is 6.16. The van der Waals surface area contributed by atoms with Gasteiger partial charge in [-0.15, -0.1) is 0 Å². The van der Waals surface area contributed by atoms with E-state index < -0.39 is 0 Å². The van der Waals surface area contributed by atoms with E-state index in [9.17, 15) is 4.79 Å². The summed E-state index contributed by atoms with van der Waals surface area (Å²) in [5.74, 6) is 2.41. The molecule has 1 heterocycles. The maximum absolute atomic E-state index is 12.7. The molecule has 0 saturated heterocycles. The molecule has 0 aliphatic rings. The topological polar surface area (TPSA) is 74.6 Å². The number of aromatic nitrogens is 2. The van der Waals surface area contributed by atoms with Crippen LogP contribution in [0.15, 0.2) is 59.7 Å². The van der Waals surface area contributed by atoms with Gasteiger partial charge in [0.1, 0.15) is 5.75 Å². The number of hydrogen-bond acceptors (Lipinski definition) is 6. The molecule has 28 heavy (non-hydrogen) atoms. The first-order chi connectivity index (χ1) is 13.7. The SMILES string of the molecule is COc1ccc(-n2ccnc(NCCc3ccc(OC)c(OC)c3)c2=O)cc1. The standard InChI is InChI=1S/C21H23N3O4/c1-26-17-7-5-16(6-8-17)24-13-12-23-20(21(24)25)22-11-10-15-4-9-18(27-2)19(14-15)28-3/h4-9,12-14H,10-11H2,1-3H3,(H,22,23). The van der Waals surface area contributed by atoms with E-state index in [4.69, 9.17) is 14.2 Å². The first kappa shape index (κ1) is 19.3. The number of benzene rings is 2. The Morgan fingerprint density at radius 2 is 1.71 bits per heavy atom. The molecule has 146 valence electrons. The van der Waals surface area contributed by atoms with Crippen LogP contribution in [0.3, 0.4) is 0 Å². The van der Waals surface area contributed by atoms with Crippen LogP contribution >= 0.6 is 0 Å². The molecule has 0 aliphatic heterocycles. The summed E-state index contributed by atoms with van der Waals surface area (Å²) in [6.45, 7) is 0.560. The number of rotatable bonds is 8. The van der Waals surface area contributed by atoms with Gasteiger partial charge >= 0.3 is 0 Å². The summed E-state index contributed by atoms with van der Waals surface area (Å²) in [5.41, 5.74) is 1.60. The highest BCUT2D eigenvalue weighted by Crippen LogP contribution is 2.27. The molecule has 0 unspecified atom stereocenters. The molecule has 3 aromatic rings. The average Bonchev–Trinajstić information content (AvgIpc) is 2.75. The fourth-order valence-electron chi connectivity index (χ4n) is 2.84. The van der Waals surface area contributed by atoms with Gasteiger partial charge in [-0.2, -0.15) is 0 Å². The molecule has 0 bridgehead atoms. The third-order valence-electron chi connectivity index (χ3n) is 4.35. The lowest BCUT2D eigenvalue weighted by Gasteiger charge is -2.11. The number of methoxy groups -OCH3 is 3. The summed E-state index contributed by atoms with van der Waals surface area (Å²) in [6, 6.07) is 13.0. The van der Waals surface area contributed by atoms with E-state index in [0.29, 0.717) is 30.3 Å². The summed E-state index contributed by atoms with van der Waals surface area (Å²) >= 11 is 0. The predicted molar refractivity (Wildman–Crippen MR) is 108 cm³/mol. The van der Waals surface area contributed by atoms with Crippen molar-refractivity contribution < 1.29 is 14.2 Å². The maximum Gasteiger partial charge on any atom is 0.297 e. The molecule has 0 aliphatic carbocycles. The largest absolute Gasteiger partial charge is 0.497 e. The second kappa shape index (κ2) is 8.94. The highest BCUT2D eigenvalue weighted by molar-refractivity contribution is 5.44. The number of nitrogens with one attached hydrogen (secondary N) is 1. The minimum atomic E-state index is -0.208. The van der Waals surface area contributed by atoms with Crippen LogP contribution < -0.4 is 25.1 Å². The average molecular weight is 381 g/mol. The van der Waals surface area contributed by atoms with Gasteiger partial charge in [-0.05, 0) is 48.4 Å². The van der Waals surface area contributed by atoms with Crippen molar-refractivity contribution in [3.63, 3.8) is 0 Å². The summed E-state index contributed by atoms with van der Waals surface area (Å²) < 4.78 is 17.3. The summed E-state index contributed by atoms with van der Waals surface area (Å²) in [6.07, 6.45) is 3.95. The van der Waals surface area contributed by atoms with Crippen molar-refractivity contribution in [2.24, 2.45) is 0 Å². The highest BCUT2D eigenvalue weighted by atomic mass is 16.5. The van der Waals surface area contributed by atoms with Crippen molar-refractivity contribution in [3.05, 3.63) is 70.8 Å². The van der Waals surface area contributed by atoms with Crippen molar-refractivity contribution in [2.45, 2.75) is 6.42 Å². The van der Waals surface area contributed by atoms with Crippen LogP contribution in [0.5, 0.6) is 17.2 Å². The zero-order chi connectivity index (χ0) is 19.9. The number of hydrogen-bond donors (Lipinski definition) is 1. The van der Waals surface area contributed by atoms with E-state index in [2.05, 4.69) is 10.3 Å². The van der Waals surface area contributed by atoms with Gasteiger partial charge in [0.2, 0.25) is 0 Å². The Morgan fingerprint density at radius 1 is 0.964 bits per heavy atom. The van der Waals surface area contributed by atoms with E-state index in [1.54, 1.807) is 38.3 Å². The summed E-state index contributed by atoms with van der Waals surface area (Å²) in [7, 11) is 4.82. The van der Waals surface area contributed by atoms with Gasteiger partial charge in [0.15, 0.2) is 17.3 Å². The molecule has 0 radical (unpaired) electrons. The van der Waals surface area contributed by atoms with Crippen LogP contribution in [0.4, 0.5) is 5.82 Å². The molecule has 0 saturated carbocycles. The summed E-state index contributed by atoms with van der Waals surface area (Å²) in [4.78, 5) is 16.9. The molecule has 0 spiro atoms. The minimum Gasteiger partial charge on any atom is -0.497 e. The van der Waals surface area contributed by atoms with Gasteiger partial charge in [0.05, 0.1) is 21.3 Å². The molecule has 0 fully saturated rings. The van der Waals surface area contributed by atoms with Crippen molar-refractivity contribution in [1.29, 1.82) is 0 Å². The van der Waals surface area contributed by atoms with Gasteiger partial charge in [0, 0.05) is 24.6 Å². The second-order valence-electron chi connectivity index (χ2n) is 6.02. The normalized spacial score (nSPS) is 10.4. The second-order valence-corrected chi connectivity index (χ2v) is 6.02. The number of nitrogens with zero attached hydrogens (tertiary/aromatic N) is 2. The van der Waals surface area contributed by atoms with Crippen molar-refractivity contribution in [1.82, 2.24) is 9.55 Å². The Hall–Kier alpha value is -3.48. The Morgan fingerprint density at radius 3 is 2.39 bits per heavy atom. The smallest absolute Gasteiger partial charge is 0.297 e. The molecule has 7 heteroatoms. The third-order valence-corrected chi connectivity index (χ3v) is 4.35. The summed E-state index contributed by atoms with van der Waals surface area (Å²) in [5, 5.41) is 3.12. The molecular formula is C21H23N3O4. The zero-order valence-electron chi connectivity index (χ0n) is 16.1. The van der Waals surface area contributed by atoms with E-state index in [0.717, 1.165) is 17.0 Å². The molecule has 1 N–H and O–H groups in total. The quantitative estimate of drug-likeness (QED) is 0.647. The first-order valence-corrected chi connectivity index (χ1v) is 8.83. The maximum atomic E-state index is 12.7. The van der Waals surface area contributed by atoms with Crippen LogP contribution in [0.1, 0.15) is 5.56 Å². The highest BCUT2D eigenvalue weighted by Gasteiger charge is 2.08. The Balaban J connectivity index is 1.70. The van der Waals surface area contributed by atoms with Crippen LogP contribution in [0.25, 0.3) is 5.69 Å². The minimum absolute atomic E-state index is 0.208. The van der Waals surface area contributed by atoms with Gasteiger partial charge in [0.25, 0.3) is 5.56 Å². The first-order valence-electron chi connectivity index (χ1n) is 8.83. The Labute approximate surface area is 163 Å². The van der Waals surface area contributed by atoms with Gasteiger partial charge < -0.3 is 19.5 Å².